The minimum atomic E-state index is -1.28. The number of hydrogen-bond donors (Lipinski definition) is 2. The first-order valence-corrected chi connectivity index (χ1v) is 9.85. The first kappa shape index (κ1) is 24.0. The molecule has 0 aliphatic heterocycles. The highest BCUT2D eigenvalue weighted by Gasteiger charge is 2.22. The maximum atomic E-state index is 12.4. The van der Waals surface area contributed by atoms with Gasteiger partial charge in [0.1, 0.15) is 11.6 Å². The van der Waals surface area contributed by atoms with E-state index in [0.29, 0.717) is 27.0 Å². The number of rotatable bonds is 5. The van der Waals surface area contributed by atoms with Crippen molar-refractivity contribution in [2.45, 2.75) is 26.9 Å². The number of nitriles is 1. The van der Waals surface area contributed by atoms with Crippen molar-refractivity contribution in [2.24, 2.45) is 0 Å². The van der Waals surface area contributed by atoms with Crippen molar-refractivity contribution >= 4 is 47.2 Å². The van der Waals surface area contributed by atoms with Crippen molar-refractivity contribution in [3.05, 3.63) is 56.8 Å². The molecule has 1 aromatic carbocycles. The average molecular weight is 463 g/mol. The fraction of sp³-hybridized carbons (Fsp3) is 0.238. The molecule has 2 rings (SSSR count). The van der Waals surface area contributed by atoms with E-state index in [2.05, 4.69) is 5.32 Å². The van der Waals surface area contributed by atoms with Crippen molar-refractivity contribution in [1.29, 1.82) is 5.26 Å². The molecule has 0 saturated carbocycles. The number of halogens is 2. The topological polar surface area (TPSA) is 113 Å². The third-order valence-corrected chi connectivity index (χ3v) is 5.21. The molecule has 1 heterocycles. The quantitative estimate of drug-likeness (QED) is 0.399. The largest absolute Gasteiger partial charge is 0.448 e. The Labute approximate surface area is 189 Å². The molecule has 10 heteroatoms. The van der Waals surface area contributed by atoms with E-state index in [1.54, 1.807) is 37.3 Å². The van der Waals surface area contributed by atoms with E-state index in [-0.39, 0.29) is 5.57 Å². The second kappa shape index (κ2) is 10.2. The smallest absolute Gasteiger partial charge is 0.349 e. The van der Waals surface area contributed by atoms with Crippen LogP contribution in [0.5, 0.6) is 0 Å². The summed E-state index contributed by atoms with van der Waals surface area (Å²) in [5, 5.41) is 14.4. The van der Waals surface area contributed by atoms with Gasteiger partial charge < -0.3 is 14.6 Å². The Morgan fingerprint density at radius 1 is 1.26 bits per heavy atom. The molecule has 1 aromatic heterocycles. The Morgan fingerprint density at radius 2 is 1.94 bits per heavy atom. The molecule has 162 valence electrons. The van der Waals surface area contributed by atoms with E-state index < -0.39 is 24.0 Å². The van der Waals surface area contributed by atoms with E-state index >= 15 is 0 Å². The van der Waals surface area contributed by atoms with Crippen molar-refractivity contribution in [3.8, 4) is 11.8 Å². The fourth-order valence-electron chi connectivity index (χ4n) is 2.82. The van der Waals surface area contributed by atoms with Crippen molar-refractivity contribution in [1.82, 2.24) is 15.2 Å². The second-order valence-corrected chi connectivity index (χ2v) is 7.31. The van der Waals surface area contributed by atoms with Crippen LogP contribution in [-0.4, -0.2) is 35.6 Å². The van der Waals surface area contributed by atoms with Crippen LogP contribution in [0.2, 0.25) is 10.0 Å². The van der Waals surface area contributed by atoms with Crippen LogP contribution < -0.4 is 10.6 Å². The summed E-state index contributed by atoms with van der Waals surface area (Å²) in [4.78, 5) is 35.4. The van der Waals surface area contributed by atoms with Gasteiger partial charge in [-0.05, 0) is 50.6 Å². The van der Waals surface area contributed by atoms with Crippen LogP contribution in [0, 0.1) is 25.2 Å². The van der Waals surface area contributed by atoms with Crippen LogP contribution in [0.15, 0.2) is 29.8 Å². The molecule has 0 spiro atoms. The fourth-order valence-corrected chi connectivity index (χ4v) is 3.20. The number of nitrogens with one attached hydrogen (secondary N) is 2. The van der Waals surface area contributed by atoms with Crippen LogP contribution in [0.25, 0.3) is 11.8 Å². The first-order chi connectivity index (χ1) is 14.6. The normalized spacial score (nSPS) is 12.0. The molecular weight excluding hydrogens is 443 g/mol. The van der Waals surface area contributed by atoms with E-state index in [4.69, 9.17) is 27.9 Å². The molecule has 2 aromatic rings. The van der Waals surface area contributed by atoms with Gasteiger partial charge >= 0.3 is 12.0 Å². The van der Waals surface area contributed by atoms with E-state index in [9.17, 15) is 19.6 Å². The molecule has 3 amide bonds. The number of carbonyl (C=O) groups excluding carboxylic acids is 3. The second-order valence-electron chi connectivity index (χ2n) is 6.52. The standard InChI is InChI=1S/C21H20Cl2N4O4/c1-11-8-14(12(2)27(11)17-7-5-6-16(22)18(17)23)9-15(10-24)20(29)31-13(3)19(28)26-21(30)25-4/h5-9,13H,1-4H3,(H2,25,26,28,30)/b15-9+. The minimum absolute atomic E-state index is 0.308. The van der Waals surface area contributed by atoms with Gasteiger partial charge in [0, 0.05) is 18.4 Å². The highest BCUT2D eigenvalue weighted by Crippen LogP contribution is 2.32. The zero-order valence-electron chi connectivity index (χ0n) is 17.2. The van der Waals surface area contributed by atoms with Gasteiger partial charge in [-0.3, -0.25) is 10.1 Å². The highest BCUT2D eigenvalue weighted by molar-refractivity contribution is 6.43. The van der Waals surface area contributed by atoms with E-state index in [0.717, 1.165) is 5.69 Å². The Kier molecular flexibility index (Phi) is 7.86. The van der Waals surface area contributed by atoms with Gasteiger partial charge in [0.25, 0.3) is 5.91 Å². The van der Waals surface area contributed by atoms with Gasteiger partial charge in [-0.15, -0.1) is 0 Å². The Hall–Kier alpha value is -3.28. The summed E-state index contributed by atoms with van der Waals surface area (Å²) in [6.45, 7) is 4.94. The Morgan fingerprint density at radius 3 is 2.55 bits per heavy atom. The molecule has 31 heavy (non-hydrogen) atoms. The molecule has 0 saturated heterocycles. The number of imide groups is 1. The lowest BCUT2D eigenvalue weighted by atomic mass is 10.1. The zero-order chi connectivity index (χ0) is 23.3. The monoisotopic (exact) mass is 462 g/mol. The third kappa shape index (κ3) is 5.45. The number of amides is 3. The number of carbonyl (C=O) groups is 3. The summed E-state index contributed by atoms with van der Waals surface area (Å²) in [5.41, 5.74) is 2.45. The lowest BCUT2D eigenvalue weighted by Crippen LogP contribution is -2.43. The molecule has 0 fully saturated rings. The molecule has 1 unspecified atom stereocenters. The van der Waals surface area contributed by atoms with Crippen molar-refractivity contribution < 1.29 is 19.1 Å². The van der Waals surface area contributed by atoms with Gasteiger partial charge in [-0.2, -0.15) is 5.26 Å². The predicted octanol–water partition coefficient (Wildman–Crippen LogP) is 3.70. The lowest BCUT2D eigenvalue weighted by Gasteiger charge is -2.13. The Balaban J connectivity index is 2.32. The molecule has 2 N–H and O–H groups in total. The average Bonchev–Trinajstić information content (AvgIpc) is 3.00. The minimum Gasteiger partial charge on any atom is -0.448 e. The number of ether oxygens (including phenoxy) is 1. The summed E-state index contributed by atoms with van der Waals surface area (Å²) in [7, 11) is 1.34. The summed E-state index contributed by atoms with van der Waals surface area (Å²) in [6, 6.07) is 8.06. The van der Waals surface area contributed by atoms with E-state index in [1.165, 1.54) is 20.0 Å². The number of benzene rings is 1. The highest BCUT2D eigenvalue weighted by atomic mass is 35.5. The van der Waals surface area contributed by atoms with Crippen LogP contribution in [0.4, 0.5) is 4.79 Å². The van der Waals surface area contributed by atoms with Gasteiger partial charge in [0.2, 0.25) is 0 Å². The summed E-state index contributed by atoms with van der Waals surface area (Å²) < 4.78 is 6.86. The molecule has 8 nitrogen and oxygen atoms in total. The van der Waals surface area contributed by atoms with Crippen LogP contribution in [0.1, 0.15) is 23.9 Å². The number of aryl methyl sites for hydroxylation is 1. The molecule has 1 atom stereocenters. The lowest BCUT2D eigenvalue weighted by molar-refractivity contribution is -0.150. The van der Waals surface area contributed by atoms with Gasteiger partial charge in [0.05, 0.1) is 15.7 Å². The molecule has 0 bridgehead atoms. The van der Waals surface area contributed by atoms with Gasteiger partial charge in [-0.25, -0.2) is 9.59 Å². The third-order valence-electron chi connectivity index (χ3n) is 4.40. The SMILES string of the molecule is CNC(=O)NC(=O)C(C)OC(=O)/C(C#N)=C/c1cc(C)n(-c2cccc(Cl)c2Cl)c1C. The van der Waals surface area contributed by atoms with Gasteiger partial charge in [0.15, 0.2) is 6.10 Å². The van der Waals surface area contributed by atoms with Crippen LogP contribution in [0.3, 0.4) is 0 Å². The summed E-state index contributed by atoms with van der Waals surface area (Å²) >= 11 is 12.5. The molecule has 0 aliphatic carbocycles. The summed E-state index contributed by atoms with van der Waals surface area (Å²) in [5.74, 6) is -1.81. The number of nitrogens with zero attached hydrogens (tertiary/aromatic N) is 2. The van der Waals surface area contributed by atoms with Gasteiger partial charge in [-0.1, -0.05) is 29.3 Å². The zero-order valence-corrected chi connectivity index (χ0v) is 18.8. The molecule has 0 radical (unpaired) electrons. The van der Waals surface area contributed by atoms with Crippen LogP contribution >= 0.6 is 23.2 Å². The van der Waals surface area contributed by atoms with Crippen molar-refractivity contribution in [2.75, 3.05) is 7.05 Å². The Bertz CT molecular complexity index is 1120. The maximum Gasteiger partial charge on any atom is 0.349 e. The van der Waals surface area contributed by atoms with Crippen molar-refractivity contribution in [3.63, 3.8) is 0 Å². The number of aromatic nitrogens is 1. The molecular formula is C21H20Cl2N4O4. The van der Waals surface area contributed by atoms with E-state index in [1.807, 2.05) is 16.8 Å². The first-order valence-electron chi connectivity index (χ1n) is 9.09. The summed E-state index contributed by atoms with van der Waals surface area (Å²) in [6.07, 6.45) is 0.0856. The number of hydrogen-bond acceptors (Lipinski definition) is 5. The predicted molar refractivity (Wildman–Crippen MR) is 117 cm³/mol. The number of urea groups is 1. The molecule has 0 aliphatic rings. The number of esters is 1. The maximum absolute atomic E-state index is 12.4. The van der Waals surface area contributed by atoms with Crippen LogP contribution in [-0.2, 0) is 14.3 Å².